The Balaban J connectivity index is 3.45. The Morgan fingerprint density at radius 2 is 1.70 bits per heavy atom. The molecule has 0 N–H and O–H groups in total. The second-order valence-corrected chi connectivity index (χ2v) is 3.52. The van der Waals surface area contributed by atoms with E-state index >= 15 is 0 Å². The zero-order valence-electron chi connectivity index (χ0n) is 9.22. The first-order chi connectivity index (χ1) is 8.92. The van der Waals surface area contributed by atoms with E-state index in [1.165, 1.54) is 0 Å². The third kappa shape index (κ3) is 3.93. The second-order valence-electron chi connectivity index (χ2n) is 3.52. The smallest absolute Gasteiger partial charge is 0.258 e. The van der Waals surface area contributed by atoms with Crippen LogP contribution in [0.4, 0.5) is 30.7 Å². The fourth-order valence-corrected chi connectivity index (χ4v) is 1.30. The predicted octanol–water partition coefficient (Wildman–Crippen LogP) is 4.02. The maximum absolute atomic E-state index is 12.9. The molecule has 0 fully saturated rings. The van der Waals surface area contributed by atoms with Crippen molar-refractivity contribution < 1.29 is 35.7 Å². The summed E-state index contributed by atoms with van der Waals surface area (Å²) in [5.41, 5.74) is -4.49. The van der Waals surface area contributed by atoms with E-state index in [9.17, 15) is 40.8 Å². The third-order valence-corrected chi connectivity index (χ3v) is 2.06. The number of rotatable bonds is 2. The molecule has 1 aromatic carbocycles. The maximum atomic E-state index is 12.9. The average molecular weight is 303 g/mol. The fraction of sp³-hybridized carbons (Fsp3) is 0.200. The summed E-state index contributed by atoms with van der Waals surface area (Å²) < 4.78 is 86.3. The molecule has 0 aliphatic rings. The van der Waals surface area contributed by atoms with Gasteiger partial charge in [0.15, 0.2) is 0 Å². The lowest BCUT2D eigenvalue weighted by Crippen LogP contribution is -2.11. The molecule has 0 atom stereocenters. The van der Waals surface area contributed by atoms with Crippen LogP contribution in [0.15, 0.2) is 24.3 Å². The number of benzene rings is 1. The Kier molecular flexibility index (Phi) is 4.06. The van der Waals surface area contributed by atoms with Gasteiger partial charge in [-0.1, -0.05) is 0 Å². The van der Waals surface area contributed by atoms with Crippen LogP contribution in [0.25, 0.3) is 5.70 Å². The van der Waals surface area contributed by atoms with Crippen molar-refractivity contribution in [3.05, 3.63) is 51.3 Å². The molecular weight excluding hydrogens is 299 g/mol. The number of alkyl halides is 6. The van der Waals surface area contributed by atoms with Crippen LogP contribution in [-0.2, 0) is 6.18 Å². The van der Waals surface area contributed by atoms with Gasteiger partial charge >= 0.3 is 12.4 Å². The Morgan fingerprint density at radius 3 is 2.10 bits per heavy atom. The summed E-state index contributed by atoms with van der Waals surface area (Å²) in [6, 6.07) is 0.631. The van der Waals surface area contributed by atoms with Crippen LogP contribution in [0.3, 0.4) is 0 Å². The van der Waals surface area contributed by atoms with Crippen LogP contribution < -0.4 is 0 Å². The quantitative estimate of drug-likeness (QED) is 0.470. The summed E-state index contributed by atoms with van der Waals surface area (Å²) in [5.74, 6) is -1.74. The highest BCUT2D eigenvalue weighted by molar-refractivity contribution is 5.60. The standard InChI is InChI=1S/C10H4F7NO2/c11-7-2-1-5(3-6(7)10(15,16)17)8(18(19)20)4-9(12,13)14/h1-4H/b8-4+. The van der Waals surface area contributed by atoms with E-state index < -0.39 is 46.0 Å². The molecular formula is C10H4F7NO2. The van der Waals surface area contributed by atoms with Crippen molar-refractivity contribution in [1.82, 2.24) is 0 Å². The first-order valence-corrected chi connectivity index (χ1v) is 4.73. The average Bonchev–Trinajstić information content (AvgIpc) is 2.23. The van der Waals surface area contributed by atoms with Crippen LogP contribution in [0.5, 0.6) is 0 Å². The summed E-state index contributed by atoms with van der Waals surface area (Å²) in [6.07, 6.45) is -11.0. The van der Waals surface area contributed by atoms with Crippen molar-refractivity contribution in [1.29, 1.82) is 0 Å². The van der Waals surface area contributed by atoms with Crippen molar-refractivity contribution >= 4 is 5.70 Å². The number of hydrogen-bond donors (Lipinski definition) is 0. The molecule has 3 nitrogen and oxygen atoms in total. The Hall–Kier alpha value is -2.13. The molecule has 10 heteroatoms. The lowest BCUT2D eigenvalue weighted by Gasteiger charge is -2.09. The van der Waals surface area contributed by atoms with Gasteiger partial charge in [0.1, 0.15) is 5.82 Å². The van der Waals surface area contributed by atoms with E-state index in [0.29, 0.717) is 6.07 Å². The molecule has 0 unspecified atom stereocenters. The third-order valence-electron chi connectivity index (χ3n) is 2.06. The van der Waals surface area contributed by atoms with E-state index in [2.05, 4.69) is 0 Å². The van der Waals surface area contributed by atoms with Gasteiger partial charge in [-0.05, 0) is 18.2 Å². The van der Waals surface area contributed by atoms with E-state index in [1.54, 1.807) is 0 Å². The van der Waals surface area contributed by atoms with Crippen molar-refractivity contribution in [2.24, 2.45) is 0 Å². The van der Waals surface area contributed by atoms with E-state index in [0.717, 1.165) is 0 Å². The first-order valence-electron chi connectivity index (χ1n) is 4.73. The van der Waals surface area contributed by atoms with Gasteiger partial charge in [0.25, 0.3) is 5.70 Å². The lowest BCUT2D eigenvalue weighted by molar-refractivity contribution is -0.376. The Labute approximate surface area is 106 Å². The van der Waals surface area contributed by atoms with E-state index in [-0.39, 0.29) is 12.1 Å². The van der Waals surface area contributed by atoms with E-state index in [1.807, 2.05) is 0 Å². The number of hydrogen-bond acceptors (Lipinski definition) is 2. The Bertz CT molecular complexity index is 560. The fourth-order valence-electron chi connectivity index (χ4n) is 1.30. The van der Waals surface area contributed by atoms with Gasteiger partial charge < -0.3 is 0 Å². The summed E-state index contributed by atoms with van der Waals surface area (Å²) in [7, 11) is 0. The molecule has 0 spiro atoms. The van der Waals surface area contributed by atoms with Gasteiger partial charge in [0.05, 0.1) is 22.1 Å². The van der Waals surface area contributed by atoms with Crippen LogP contribution in [-0.4, -0.2) is 11.1 Å². The van der Waals surface area contributed by atoms with Crippen molar-refractivity contribution in [3.63, 3.8) is 0 Å². The highest BCUT2D eigenvalue weighted by atomic mass is 19.4. The molecule has 0 saturated carbocycles. The van der Waals surface area contributed by atoms with E-state index in [4.69, 9.17) is 0 Å². The summed E-state index contributed by atoms with van der Waals surface area (Å²) in [5, 5.41) is 10.5. The van der Waals surface area contributed by atoms with Gasteiger partial charge in [-0.25, -0.2) is 4.39 Å². The van der Waals surface area contributed by atoms with Gasteiger partial charge in [0, 0.05) is 0 Å². The van der Waals surface area contributed by atoms with Gasteiger partial charge in [-0.15, -0.1) is 0 Å². The molecule has 0 aliphatic heterocycles. The predicted molar refractivity (Wildman–Crippen MR) is 52.4 cm³/mol. The largest absolute Gasteiger partial charge is 0.419 e. The normalized spacial score (nSPS) is 13.4. The molecule has 0 amide bonds. The minimum atomic E-state index is -5.18. The minimum Gasteiger partial charge on any atom is -0.258 e. The molecule has 1 rings (SSSR count). The summed E-state index contributed by atoms with van der Waals surface area (Å²) in [4.78, 5) is 8.99. The zero-order chi connectivity index (χ0) is 15.7. The highest BCUT2D eigenvalue weighted by Gasteiger charge is 2.36. The van der Waals surface area contributed by atoms with Crippen molar-refractivity contribution in [2.75, 3.05) is 0 Å². The zero-order valence-corrected chi connectivity index (χ0v) is 9.22. The Morgan fingerprint density at radius 1 is 1.15 bits per heavy atom. The van der Waals surface area contributed by atoms with Gasteiger partial charge in [-0.3, -0.25) is 10.1 Å². The van der Waals surface area contributed by atoms with Crippen LogP contribution in [0.1, 0.15) is 11.1 Å². The van der Waals surface area contributed by atoms with Crippen molar-refractivity contribution in [3.8, 4) is 0 Å². The van der Waals surface area contributed by atoms with Crippen LogP contribution in [0, 0.1) is 15.9 Å². The molecule has 20 heavy (non-hydrogen) atoms. The summed E-state index contributed by atoms with van der Waals surface area (Å²) >= 11 is 0. The minimum absolute atomic E-state index is 0.0459. The van der Waals surface area contributed by atoms with Crippen LogP contribution in [0.2, 0.25) is 0 Å². The van der Waals surface area contributed by atoms with Gasteiger partial charge in [-0.2, -0.15) is 26.3 Å². The topological polar surface area (TPSA) is 43.1 Å². The second kappa shape index (κ2) is 5.10. The van der Waals surface area contributed by atoms with Crippen molar-refractivity contribution in [2.45, 2.75) is 12.4 Å². The molecule has 110 valence electrons. The molecule has 0 saturated heterocycles. The molecule has 0 bridgehead atoms. The number of nitro groups is 1. The highest BCUT2D eigenvalue weighted by Crippen LogP contribution is 2.34. The number of halogens is 7. The molecule has 0 heterocycles. The lowest BCUT2D eigenvalue weighted by atomic mass is 10.1. The summed E-state index contributed by atoms with van der Waals surface area (Å²) in [6.45, 7) is 0. The SMILES string of the molecule is O=[N+]([O-])/C(=C/C(F)(F)F)c1ccc(F)c(C(F)(F)F)c1. The molecule has 0 radical (unpaired) electrons. The monoisotopic (exact) mass is 303 g/mol. The van der Waals surface area contributed by atoms with Crippen LogP contribution >= 0.6 is 0 Å². The maximum Gasteiger partial charge on any atom is 0.419 e. The molecule has 0 aromatic heterocycles. The molecule has 0 aliphatic carbocycles. The first kappa shape index (κ1) is 15.9. The number of allylic oxidation sites excluding steroid dienone is 1. The van der Waals surface area contributed by atoms with Gasteiger partial charge in [0.2, 0.25) is 0 Å². The molecule has 1 aromatic rings. The number of nitrogens with zero attached hydrogens (tertiary/aromatic N) is 1.